The third kappa shape index (κ3) is 2.96. The fourth-order valence-electron chi connectivity index (χ4n) is 1.76. The van der Waals surface area contributed by atoms with E-state index in [1.54, 1.807) is 18.2 Å². The topological polar surface area (TPSA) is 20.2 Å². The smallest absolute Gasteiger partial charge is 0.129 e. The fraction of sp³-hybridized carbons (Fsp3) is 0.143. The van der Waals surface area contributed by atoms with Gasteiger partial charge in [-0.15, -0.1) is 0 Å². The van der Waals surface area contributed by atoms with Crippen molar-refractivity contribution in [2.24, 2.45) is 0 Å². The number of benzene rings is 2. The molecule has 1 N–H and O–H groups in total. The number of hydrogen-bond donors (Lipinski definition) is 1. The van der Waals surface area contributed by atoms with Crippen LogP contribution in [-0.2, 0) is 0 Å². The van der Waals surface area contributed by atoms with Crippen LogP contribution in [0.15, 0.2) is 34.8 Å². The van der Waals surface area contributed by atoms with Crippen LogP contribution in [-0.4, -0.2) is 5.11 Å². The lowest BCUT2D eigenvalue weighted by Gasteiger charge is -2.15. The van der Waals surface area contributed by atoms with Crippen LogP contribution in [0.25, 0.3) is 0 Å². The second-order valence-corrected chi connectivity index (χ2v) is 5.51. The first-order chi connectivity index (χ1) is 8.90. The van der Waals surface area contributed by atoms with Crippen LogP contribution in [0, 0.1) is 18.6 Å². The summed E-state index contributed by atoms with van der Waals surface area (Å²) in [5.41, 5.74) is 0.370. The van der Waals surface area contributed by atoms with Crippen molar-refractivity contribution < 1.29 is 13.9 Å². The average Bonchev–Trinajstić information content (AvgIpc) is 2.36. The van der Waals surface area contributed by atoms with Crippen LogP contribution < -0.4 is 0 Å². The third-order valence-electron chi connectivity index (χ3n) is 2.83. The number of rotatable bonds is 2. The molecule has 5 heteroatoms. The average molecular weight is 348 g/mol. The van der Waals surface area contributed by atoms with Crippen LogP contribution in [0.3, 0.4) is 0 Å². The van der Waals surface area contributed by atoms with E-state index in [0.29, 0.717) is 10.0 Å². The highest BCUT2D eigenvalue weighted by molar-refractivity contribution is 9.10. The largest absolute Gasteiger partial charge is 0.383 e. The Morgan fingerprint density at radius 1 is 1.11 bits per heavy atom. The maximum atomic E-state index is 13.8. The lowest BCUT2D eigenvalue weighted by Crippen LogP contribution is -2.05. The molecule has 2 aromatic rings. The highest BCUT2D eigenvalue weighted by Crippen LogP contribution is 2.32. The molecule has 1 unspecified atom stereocenters. The van der Waals surface area contributed by atoms with E-state index in [4.69, 9.17) is 11.6 Å². The van der Waals surface area contributed by atoms with E-state index < -0.39 is 17.7 Å². The Bertz CT molecular complexity index is 631. The van der Waals surface area contributed by atoms with E-state index in [9.17, 15) is 13.9 Å². The molecule has 0 aliphatic heterocycles. The van der Waals surface area contributed by atoms with Crippen molar-refractivity contribution in [2.75, 3.05) is 0 Å². The molecule has 2 rings (SSSR count). The number of halogens is 4. The molecule has 0 spiro atoms. The van der Waals surface area contributed by atoms with Crippen molar-refractivity contribution in [2.45, 2.75) is 13.0 Å². The molecule has 0 saturated carbocycles. The molecule has 100 valence electrons. The quantitative estimate of drug-likeness (QED) is 0.829. The summed E-state index contributed by atoms with van der Waals surface area (Å²) in [6.07, 6.45) is -1.32. The molecule has 1 nitrogen and oxygen atoms in total. The first-order valence-electron chi connectivity index (χ1n) is 5.48. The minimum Gasteiger partial charge on any atom is -0.383 e. The van der Waals surface area contributed by atoms with Crippen LogP contribution in [0.2, 0.25) is 5.02 Å². The van der Waals surface area contributed by atoms with Gasteiger partial charge in [-0.25, -0.2) is 8.78 Å². The van der Waals surface area contributed by atoms with Gasteiger partial charge >= 0.3 is 0 Å². The van der Waals surface area contributed by atoms with Crippen molar-refractivity contribution >= 4 is 27.5 Å². The Hall–Kier alpha value is -0.970. The molecule has 0 fully saturated rings. The molecule has 0 aromatic heterocycles. The molecule has 0 aliphatic rings. The lowest BCUT2D eigenvalue weighted by molar-refractivity contribution is 0.214. The van der Waals surface area contributed by atoms with Gasteiger partial charge in [0.2, 0.25) is 0 Å². The second kappa shape index (κ2) is 5.57. The Morgan fingerprint density at radius 2 is 1.79 bits per heavy atom. The maximum absolute atomic E-state index is 13.8. The Morgan fingerprint density at radius 3 is 2.47 bits per heavy atom. The second-order valence-electron chi connectivity index (χ2n) is 4.19. The Labute approximate surface area is 123 Å². The van der Waals surface area contributed by atoms with E-state index in [0.717, 1.165) is 12.1 Å². The van der Waals surface area contributed by atoms with Gasteiger partial charge < -0.3 is 5.11 Å². The predicted molar refractivity (Wildman–Crippen MR) is 74.3 cm³/mol. The minimum absolute atomic E-state index is 0.136. The van der Waals surface area contributed by atoms with E-state index in [-0.39, 0.29) is 16.1 Å². The molecule has 2 aromatic carbocycles. The monoisotopic (exact) mass is 346 g/mol. The normalized spacial score (nSPS) is 12.5. The summed E-state index contributed by atoms with van der Waals surface area (Å²) >= 11 is 9.21. The summed E-state index contributed by atoms with van der Waals surface area (Å²) in [6, 6.07) is 6.90. The summed E-state index contributed by atoms with van der Waals surface area (Å²) in [5, 5.41) is 10.5. The van der Waals surface area contributed by atoms with Gasteiger partial charge in [-0.3, -0.25) is 0 Å². The fourth-order valence-corrected chi connectivity index (χ4v) is 2.36. The summed E-state index contributed by atoms with van der Waals surface area (Å²) < 4.78 is 28.0. The van der Waals surface area contributed by atoms with Gasteiger partial charge in [0.25, 0.3) is 0 Å². The van der Waals surface area contributed by atoms with Crippen molar-refractivity contribution in [3.63, 3.8) is 0 Å². The highest BCUT2D eigenvalue weighted by atomic mass is 79.9. The molecular weight excluding hydrogens is 338 g/mol. The first-order valence-corrected chi connectivity index (χ1v) is 6.66. The molecule has 0 heterocycles. The lowest BCUT2D eigenvalue weighted by atomic mass is 9.99. The van der Waals surface area contributed by atoms with Crippen LogP contribution in [0.4, 0.5) is 8.78 Å². The molecule has 0 bridgehead atoms. The molecule has 19 heavy (non-hydrogen) atoms. The zero-order chi connectivity index (χ0) is 14.2. The van der Waals surface area contributed by atoms with Crippen molar-refractivity contribution in [1.82, 2.24) is 0 Å². The summed E-state index contributed by atoms with van der Waals surface area (Å²) in [4.78, 5) is 0. The number of aryl methyl sites for hydroxylation is 1. The van der Waals surface area contributed by atoms with E-state index >= 15 is 0 Å². The number of hydrogen-bond acceptors (Lipinski definition) is 1. The zero-order valence-corrected chi connectivity index (χ0v) is 12.3. The zero-order valence-electron chi connectivity index (χ0n) is 9.92. The van der Waals surface area contributed by atoms with Gasteiger partial charge in [0, 0.05) is 20.6 Å². The van der Waals surface area contributed by atoms with Gasteiger partial charge in [-0.1, -0.05) is 27.5 Å². The van der Waals surface area contributed by atoms with Gasteiger partial charge in [-0.05, 0) is 42.8 Å². The Balaban J connectivity index is 2.52. The first kappa shape index (κ1) is 14.4. The van der Waals surface area contributed by atoms with Gasteiger partial charge in [0.1, 0.15) is 17.7 Å². The van der Waals surface area contributed by atoms with Crippen molar-refractivity contribution in [1.29, 1.82) is 0 Å². The Kier molecular flexibility index (Phi) is 4.23. The predicted octanol–water partition coefficient (Wildman–Crippen LogP) is 4.77. The maximum Gasteiger partial charge on any atom is 0.129 e. The van der Waals surface area contributed by atoms with E-state index in [1.165, 1.54) is 6.92 Å². The SMILES string of the molecule is Cc1cc(F)c(C(O)c2cc(Br)ccc2Cl)cc1F. The summed E-state index contributed by atoms with van der Waals surface area (Å²) in [5.74, 6) is -1.23. The molecular formula is C14H10BrClF2O. The van der Waals surface area contributed by atoms with Crippen molar-refractivity contribution in [3.05, 3.63) is 68.2 Å². The minimum atomic E-state index is -1.32. The third-order valence-corrected chi connectivity index (χ3v) is 3.66. The van der Waals surface area contributed by atoms with Gasteiger partial charge in [0.05, 0.1) is 0 Å². The number of aliphatic hydroxyl groups excluding tert-OH is 1. The van der Waals surface area contributed by atoms with Crippen LogP contribution in [0.5, 0.6) is 0 Å². The molecule has 0 aliphatic carbocycles. The van der Waals surface area contributed by atoms with E-state index in [2.05, 4.69) is 15.9 Å². The van der Waals surface area contributed by atoms with E-state index in [1.807, 2.05) is 0 Å². The van der Waals surface area contributed by atoms with Crippen molar-refractivity contribution in [3.8, 4) is 0 Å². The summed E-state index contributed by atoms with van der Waals surface area (Å²) in [7, 11) is 0. The standard InChI is InChI=1S/C14H10BrClF2O/c1-7-4-13(18)10(6-12(7)17)14(19)9-5-8(15)2-3-11(9)16/h2-6,14,19H,1H3. The van der Waals surface area contributed by atoms with Gasteiger partial charge in [0.15, 0.2) is 0 Å². The van der Waals surface area contributed by atoms with Crippen LogP contribution in [0.1, 0.15) is 22.8 Å². The van der Waals surface area contributed by atoms with Crippen LogP contribution >= 0.6 is 27.5 Å². The highest BCUT2D eigenvalue weighted by Gasteiger charge is 2.19. The molecule has 1 atom stereocenters. The molecule has 0 amide bonds. The van der Waals surface area contributed by atoms with Gasteiger partial charge in [-0.2, -0.15) is 0 Å². The molecule has 0 radical (unpaired) electrons. The number of aliphatic hydroxyl groups is 1. The molecule has 0 saturated heterocycles. The summed E-state index contributed by atoms with van der Waals surface area (Å²) in [6.45, 7) is 1.46.